The van der Waals surface area contributed by atoms with Gasteiger partial charge in [-0.2, -0.15) is 27.1 Å². The molecule has 4 aromatic rings. The van der Waals surface area contributed by atoms with E-state index in [0.29, 0.717) is 18.2 Å². The van der Waals surface area contributed by atoms with Gasteiger partial charge >= 0.3 is 76.5 Å². The molecule has 0 amide bonds. The number of carboxylic acids is 1. The number of azo groups is 2. The maximum Gasteiger partial charge on any atom is 3.00 e. The predicted octanol–water partition coefficient (Wildman–Crippen LogP) is -5.85. The van der Waals surface area contributed by atoms with Crippen LogP contribution in [-0.2, 0) is 47.7 Å². The normalized spacial score (nSPS) is 11.9. The number of nitrogens with zero attached hydrogens (tertiary/aromatic N) is 5. The molecule has 51 heavy (non-hydrogen) atoms. The SMILES string of the molecule is Nc1ccc2c([O-])c(N=Nc3cc([N+](=O)[O-])cc(S(=O)(=O)O)c3[O-])c(S(=O)(=O)O)cc2c1N=Nc1cc(S(=O)(=O)[O-])cc(C(=O)[O-])c1[O-].[Cr+3].[Na+].[Na+]. The maximum absolute atomic E-state index is 13.4. The number of nitrogens with two attached hydrogens (primary N) is 1. The molecule has 4 rings (SSSR count). The van der Waals surface area contributed by atoms with E-state index in [1.165, 1.54) is 0 Å². The molecule has 0 saturated carbocycles. The van der Waals surface area contributed by atoms with E-state index in [1.54, 1.807) is 0 Å². The first-order valence-electron chi connectivity index (χ1n) is 11.9. The fourth-order valence-corrected chi connectivity index (χ4v) is 5.69. The molecule has 0 fully saturated rings. The largest absolute Gasteiger partial charge is 3.00 e. The Kier molecular flexibility index (Phi) is 14.8. The summed E-state index contributed by atoms with van der Waals surface area (Å²) >= 11 is 0. The van der Waals surface area contributed by atoms with Crippen LogP contribution < -0.4 is 85.3 Å². The van der Waals surface area contributed by atoms with Gasteiger partial charge in [0.05, 0.1) is 43.4 Å². The zero-order chi connectivity index (χ0) is 36.1. The van der Waals surface area contributed by atoms with Crippen LogP contribution in [0.15, 0.2) is 77.6 Å². The smallest absolute Gasteiger partial charge is 0.871 e. The minimum absolute atomic E-state index is 0. The number of hydrogen-bond donors (Lipinski definition) is 3. The summed E-state index contributed by atoms with van der Waals surface area (Å²) in [6.07, 6.45) is 0. The number of carbonyl (C=O) groups excluding carboxylic acids is 1. The average molecular weight is 822 g/mol. The Morgan fingerprint density at radius 1 is 0.725 bits per heavy atom. The van der Waals surface area contributed by atoms with Gasteiger partial charge in [-0.25, -0.2) is 8.42 Å². The van der Waals surface area contributed by atoms with Gasteiger partial charge in [-0.1, -0.05) is 23.3 Å². The molecule has 0 saturated heterocycles. The second-order valence-corrected chi connectivity index (χ2v) is 13.3. The van der Waals surface area contributed by atoms with Crippen molar-refractivity contribution in [3.05, 3.63) is 58.1 Å². The van der Waals surface area contributed by atoms with Gasteiger partial charge in [0.15, 0.2) is 0 Å². The van der Waals surface area contributed by atoms with Crippen LogP contribution in [0.2, 0.25) is 0 Å². The van der Waals surface area contributed by atoms with Crippen molar-refractivity contribution in [1.82, 2.24) is 0 Å². The van der Waals surface area contributed by atoms with Gasteiger partial charge in [-0.3, -0.25) is 19.2 Å². The fraction of sp³-hybridized carbons (Fsp3) is 0. The number of nitro benzene ring substituents is 1. The summed E-state index contributed by atoms with van der Waals surface area (Å²) in [6.45, 7) is 0. The molecule has 0 aliphatic rings. The molecule has 0 bridgehead atoms. The fourth-order valence-electron chi connectivity index (χ4n) is 3.92. The van der Waals surface area contributed by atoms with Crippen molar-refractivity contribution in [1.29, 1.82) is 0 Å². The Labute approximate surface area is 339 Å². The van der Waals surface area contributed by atoms with Crippen molar-refractivity contribution in [2.24, 2.45) is 20.5 Å². The van der Waals surface area contributed by atoms with Crippen molar-refractivity contribution < 1.29 is 146 Å². The molecule has 0 aromatic heterocycles. The standard InChI is InChI=1S/C23H16N6O16S3.Cr.2Na/c24-13-2-1-10-11(18(13)27-26-15-6-9(46(37,38)39)5-12(20(15)30)23(33)34)7-16(47(40,41)42)19(21(10)31)28-25-14-3-8(29(35)36)4-17(22(14)32)48(43,44)45;;;/h1-7,30-32H,24H2,(H,33,34)(H,37,38,39)(H,40,41,42)(H,43,44,45);;;/q;+3;2*+1/p-5. The Hall–Kier alpha value is -3.33. The summed E-state index contributed by atoms with van der Waals surface area (Å²) in [5, 5.41) is 73.3. The van der Waals surface area contributed by atoms with Gasteiger partial charge in [0, 0.05) is 17.5 Å². The second-order valence-electron chi connectivity index (χ2n) is 9.11. The number of aromatic carboxylic acids is 1. The molecule has 0 spiro atoms. The van der Waals surface area contributed by atoms with Crippen molar-refractivity contribution in [3.63, 3.8) is 0 Å². The molecule has 1 radical (unpaired) electrons. The molecule has 4 aromatic carbocycles. The van der Waals surface area contributed by atoms with Gasteiger partial charge in [-0.15, -0.1) is 10.2 Å². The first kappa shape index (κ1) is 45.7. The molecule has 0 atom stereocenters. The third-order valence-corrected chi connectivity index (χ3v) is 8.61. The van der Waals surface area contributed by atoms with E-state index >= 15 is 0 Å². The van der Waals surface area contributed by atoms with E-state index in [2.05, 4.69) is 20.5 Å². The van der Waals surface area contributed by atoms with Gasteiger partial charge in [-0.05, 0) is 35.2 Å². The summed E-state index contributed by atoms with van der Waals surface area (Å²) in [7, 11) is -16.2. The third kappa shape index (κ3) is 9.76. The van der Waals surface area contributed by atoms with E-state index in [1.807, 2.05) is 0 Å². The van der Waals surface area contributed by atoms with E-state index in [-0.39, 0.29) is 88.6 Å². The quantitative estimate of drug-likeness (QED) is 0.0353. The molecule has 0 heterocycles. The van der Waals surface area contributed by atoms with Crippen LogP contribution in [0.25, 0.3) is 10.8 Å². The molecule has 4 N–H and O–H groups in total. The molecular formula is C23H11CrN6Na2O16S3. The first-order chi connectivity index (χ1) is 22.0. The number of fused-ring (bicyclic) bond motifs is 1. The molecule has 0 unspecified atom stereocenters. The number of hydrogen-bond acceptors (Lipinski definition) is 19. The van der Waals surface area contributed by atoms with Gasteiger partial charge in [0.25, 0.3) is 25.9 Å². The molecule has 255 valence electrons. The Bertz CT molecular complexity index is 2500. The number of carbonyl (C=O) groups is 1. The van der Waals surface area contributed by atoms with E-state index < -0.39 is 124 Å². The van der Waals surface area contributed by atoms with Gasteiger partial charge in [0.1, 0.15) is 20.7 Å². The summed E-state index contributed by atoms with van der Waals surface area (Å²) in [4.78, 5) is 17.2. The number of nitrogen functional groups attached to an aromatic ring is 1. The van der Waals surface area contributed by atoms with Crippen molar-refractivity contribution in [2.45, 2.75) is 14.7 Å². The van der Waals surface area contributed by atoms with Gasteiger partial charge < -0.3 is 35.5 Å². The topological polar surface area (TPSA) is 394 Å². The average Bonchev–Trinajstić information content (AvgIpc) is 2.95. The number of non-ortho nitro benzene ring substituents is 1. The van der Waals surface area contributed by atoms with Crippen molar-refractivity contribution in [3.8, 4) is 17.2 Å². The molecular weight excluding hydrogens is 810 g/mol. The minimum Gasteiger partial charge on any atom is -0.871 e. The van der Waals surface area contributed by atoms with Crippen molar-refractivity contribution in [2.75, 3.05) is 5.73 Å². The van der Waals surface area contributed by atoms with Crippen LogP contribution in [0.5, 0.6) is 17.2 Å². The summed E-state index contributed by atoms with van der Waals surface area (Å²) in [5.74, 6) is -6.73. The molecule has 22 nitrogen and oxygen atoms in total. The van der Waals surface area contributed by atoms with E-state index in [0.717, 1.165) is 12.1 Å². The summed E-state index contributed by atoms with van der Waals surface area (Å²) in [6, 6.07) is 3.60. The van der Waals surface area contributed by atoms with Crippen LogP contribution in [0, 0.1) is 10.1 Å². The zero-order valence-corrected chi connectivity index (χ0v) is 32.8. The van der Waals surface area contributed by atoms with Gasteiger partial charge in [0.2, 0.25) is 0 Å². The Morgan fingerprint density at radius 2 is 1.25 bits per heavy atom. The van der Waals surface area contributed by atoms with Crippen LogP contribution in [0.3, 0.4) is 0 Å². The van der Waals surface area contributed by atoms with Crippen molar-refractivity contribution >= 4 is 81.2 Å². The van der Waals surface area contributed by atoms with E-state index in [4.69, 9.17) is 5.73 Å². The second kappa shape index (κ2) is 16.6. The Morgan fingerprint density at radius 3 is 1.75 bits per heavy atom. The molecule has 28 heteroatoms. The zero-order valence-electron chi connectivity index (χ0n) is 25.1. The van der Waals surface area contributed by atoms with Crippen LogP contribution >= 0.6 is 0 Å². The van der Waals surface area contributed by atoms with Crippen LogP contribution in [0.4, 0.5) is 34.1 Å². The van der Waals surface area contributed by atoms with Crippen LogP contribution in [0.1, 0.15) is 10.4 Å². The molecule has 0 aliphatic carbocycles. The van der Waals surface area contributed by atoms with Crippen LogP contribution in [-0.4, -0.2) is 49.8 Å². The third-order valence-electron chi connectivity index (χ3n) is 6.07. The minimum atomic E-state index is -5.47. The number of nitro groups is 1. The summed E-state index contributed by atoms with van der Waals surface area (Å²) in [5.41, 5.74) is -1.06. The monoisotopic (exact) mass is 821 g/mol. The molecule has 0 aliphatic heterocycles. The number of anilines is 1. The summed E-state index contributed by atoms with van der Waals surface area (Å²) < 4.78 is 101. The number of benzene rings is 4. The Balaban J connectivity index is 0.00000433. The van der Waals surface area contributed by atoms with E-state index in [9.17, 15) is 74.2 Å². The predicted molar refractivity (Wildman–Crippen MR) is 147 cm³/mol. The number of rotatable bonds is 9. The first-order valence-corrected chi connectivity index (χ1v) is 16.2. The number of carboxylic acid groups (broad SMARTS) is 1. The maximum atomic E-state index is 13.4.